The molecule has 3 saturated carbocycles. The Morgan fingerprint density at radius 3 is 2.89 bits per heavy atom. The zero-order chi connectivity index (χ0) is 12.8. The standard InChI is InChI=1S/C17H22ClN/c18-13-4-1-3-11(7-13)10-19-17-9-12-8-16(17)15-6-2-5-14(12)15/h1,3-4,7,12,14-17,19H,2,5-6,8-10H2/t12-,14-,15+,16-,17-/m1/s1. The zero-order valence-corrected chi connectivity index (χ0v) is 12.1. The highest BCUT2D eigenvalue weighted by Gasteiger charge is 2.53. The Bertz CT molecular complexity index is 472. The number of benzene rings is 1. The summed E-state index contributed by atoms with van der Waals surface area (Å²) in [6.07, 6.45) is 7.44. The van der Waals surface area contributed by atoms with Crippen LogP contribution in [0.15, 0.2) is 24.3 Å². The van der Waals surface area contributed by atoms with E-state index in [1.54, 1.807) is 0 Å². The van der Waals surface area contributed by atoms with E-state index < -0.39 is 0 Å². The van der Waals surface area contributed by atoms with Crippen molar-refractivity contribution in [1.82, 2.24) is 5.32 Å². The summed E-state index contributed by atoms with van der Waals surface area (Å²) >= 11 is 6.05. The van der Waals surface area contributed by atoms with Crippen molar-refractivity contribution in [2.45, 2.75) is 44.7 Å². The highest BCUT2D eigenvalue weighted by Crippen LogP contribution is 2.58. The van der Waals surface area contributed by atoms with Crippen LogP contribution < -0.4 is 5.32 Å². The van der Waals surface area contributed by atoms with Gasteiger partial charge in [0.05, 0.1) is 0 Å². The second kappa shape index (κ2) is 4.79. The molecule has 2 heteroatoms. The Morgan fingerprint density at radius 2 is 2.00 bits per heavy atom. The average molecular weight is 276 g/mol. The molecule has 3 aliphatic rings. The molecule has 1 nitrogen and oxygen atoms in total. The van der Waals surface area contributed by atoms with Gasteiger partial charge in [-0.3, -0.25) is 0 Å². The van der Waals surface area contributed by atoms with E-state index in [1.807, 2.05) is 12.1 Å². The van der Waals surface area contributed by atoms with Crippen LogP contribution in [-0.2, 0) is 6.54 Å². The molecule has 0 saturated heterocycles. The van der Waals surface area contributed by atoms with Crippen LogP contribution in [0, 0.1) is 23.7 Å². The molecule has 102 valence electrons. The van der Waals surface area contributed by atoms with Crippen LogP contribution in [0.4, 0.5) is 0 Å². The number of halogens is 1. The Morgan fingerprint density at radius 1 is 1.11 bits per heavy atom. The van der Waals surface area contributed by atoms with Crippen molar-refractivity contribution in [2.75, 3.05) is 0 Å². The maximum Gasteiger partial charge on any atom is 0.0409 e. The number of fused-ring (bicyclic) bond motifs is 5. The number of nitrogens with one attached hydrogen (secondary N) is 1. The molecule has 2 bridgehead atoms. The lowest BCUT2D eigenvalue weighted by molar-refractivity contribution is 0.208. The summed E-state index contributed by atoms with van der Waals surface area (Å²) in [5, 5.41) is 4.66. The molecule has 0 heterocycles. The lowest BCUT2D eigenvalue weighted by Crippen LogP contribution is -2.38. The monoisotopic (exact) mass is 275 g/mol. The Kier molecular flexibility index (Phi) is 3.08. The molecule has 0 spiro atoms. The molecule has 0 unspecified atom stereocenters. The molecule has 19 heavy (non-hydrogen) atoms. The SMILES string of the molecule is Clc1cccc(CN[C@@H]2C[C@H]3C[C@@H]2[C@H]2CCC[C@H]32)c1. The van der Waals surface area contributed by atoms with Gasteiger partial charge in [-0.1, -0.05) is 30.2 Å². The molecule has 3 aliphatic carbocycles. The second-order valence-electron chi connectivity index (χ2n) is 6.77. The van der Waals surface area contributed by atoms with E-state index in [2.05, 4.69) is 17.4 Å². The molecule has 4 rings (SSSR count). The van der Waals surface area contributed by atoms with Crippen LogP contribution in [0.25, 0.3) is 0 Å². The van der Waals surface area contributed by atoms with Gasteiger partial charge >= 0.3 is 0 Å². The highest BCUT2D eigenvalue weighted by atomic mass is 35.5. The van der Waals surface area contributed by atoms with Gasteiger partial charge in [0.1, 0.15) is 0 Å². The summed E-state index contributed by atoms with van der Waals surface area (Å²) in [5.41, 5.74) is 1.32. The van der Waals surface area contributed by atoms with Crippen LogP contribution in [-0.4, -0.2) is 6.04 Å². The van der Waals surface area contributed by atoms with Crippen molar-refractivity contribution >= 4 is 11.6 Å². The molecule has 1 aromatic rings. The largest absolute Gasteiger partial charge is 0.310 e. The van der Waals surface area contributed by atoms with Crippen LogP contribution in [0.3, 0.4) is 0 Å². The molecule has 1 N–H and O–H groups in total. The first kappa shape index (κ1) is 12.2. The van der Waals surface area contributed by atoms with Crippen molar-refractivity contribution < 1.29 is 0 Å². The molecular formula is C17H22ClN. The minimum Gasteiger partial charge on any atom is -0.310 e. The lowest BCUT2D eigenvalue weighted by atomic mass is 9.79. The van der Waals surface area contributed by atoms with Gasteiger partial charge in [-0.15, -0.1) is 0 Å². The number of hydrogen-bond acceptors (Lipinski definition) is 1. The Labute approximate surface area is 120 Å². The van der Waals surface area contributed by atoms with Crippen molar-refractivity contribution in [3.8, 4) is 0 Å². The third kappa shape index (κ3) is 2.11. The van der Waals surface area contributed by atoms with Crippen LogP contribution in [0.1, 0.15) is 37.7 Å². The van der Waals surface area contributed by atoms with E-state index in [4.69, 9.17) is 11.6 Å². The smallest absolute Gasteiger partial charge is 0.0409 e. The maximum absolute atomic E-state index is 6.05. The van der Waals surface area contributed by atoms with E-state index in [0.29, 0.717) is 0 Å². The van der Waals surface area contributed by atoms with Gasteiger partial charge in [0.25, 0.3) is 0 Å². The fourth-order valence-corrected chi connectivity index (χ4v) is 5.41. The summed E-state index contributed by atoms with van der Waals surface area (Å²) in [5.74, 6) is 4.15. The Hall–Kier alpha value is -0.530. The van der Waals surface area contributed by atoms with Crippen molar-refractivity contribution in [2.24, 2.45) is 23.7 Å². The van der Waals surface area contributed by atoms with Gasteiger partial charge in [-0.2, -0.15) is 0 Å². The van der Waals surface area contributed by atoms with E-state index in [1.165, 1.54) is 37.7 Å². The topological polar surface area (TPSA) is 12.0 Å². The quantitative estimate of drug-likeness (QED) is 0.869. The van der Waals surface area contributed by atoms with Crippen LogP contribution in [0.2, 0.25) is 5.02 Å². The van der Waals surface area contributed by atoms with E-state index in [-0.39, 0.29) is 0 Å². The normalized spacial score (nSPS) is 39.7. The molecule has 0 amide bonds. The molecule has 0 radical (unpaired) electrons. The average Bonchev–Trinajstić information content (AvgIpc) is 3.08. The fourth-order valence-electron chi connectivity index (χ4n) is 5.20. The van der Waals surface area contributed by atoms with Gasteiger partial charge in [-0.25, -0.2) is 0 Å². The van der Waals surface area contributed by atoms with Crippen molar-refractivity contribution in [3.05, 3.63) is 34.9 Å². The first-order valence-electron chi connectivity index (χ1n) is 7.79. The minimum absolute atomic E-state index is 0.767. The van der Waals surface area contributed by atoms with E-state index in [0.717, 1.165) is 41.3 Å². The molecule has 0 aliphatic heterocycles. The summed E-state index contributed by atoms with van der Waals surface area (Å²) in [6.45, 7) is 0.978. The second-order valence-corrected chi connectivity index (χ2v) is 7.21. The molecule has 1 aromatic carbocycles. The van der Waals surface area contributed by atoms with Crippen LogP contribution in [0.5, 0.6) is 0 Å². The fraction of sp³-hybridized carbons (Fsp3) is 0.647. The van der Waals surface area contributed by atoms with Gasteiger partial charge in [0.15, 0.2) is 0 Å². The summed E-state index contributed by atoms with van der Waals surface area (Å²) < 4.78 is 0. The maximum atomic E-state index is 6.05. The minimum atomic E-state index is 0.767. The molecule has 5 atom stereocenters. The third-order valence-corrected chi connectivity index (χ3v) is 6.12. The summed E-state index contributed by atoms with van der Waals surface area (Å²) in [7, 11) is 0. The van der Waals surface area contributed by atoms with E-state index in [9.17, 15) is 0 Å². The first-order valence-corrected chi connectivity index (χ1v) is 8.17. The zero-order valence-electron chi connectivity index (χ0n) is 11.3. The molecule has 3 fully saturated rings. The predicted octanol–water partition coefficient (Wildman–Crippen LogP) is 4.25. The Balaban J connectivity index is 1.40. The van der Waals surface area contributed by atoms with E-state index >= 15 is 0 Å². The van der Waals surface area contributed by atoms with Crippen molar-refractivity contribution in [3.63, 3.8) is 0 Å². The number of rotatable bonds is 3. The lowest BCUT2D eigenvalue weighted by Gasteiger charge is -2.32. The van der Waals surface area contributed by atoms with Gasteiger partial charge in [0, 0.05) is 17.6 Å². The third-order valence-electron chi connectivity index (χ3n) is 5.89. The number of hydrogen-bond donors (Lipinski definition) is 1. The summed E-state index contributed by atoms with van der Waals surface area (Å²) in [4.78, 5) is 0. The highest BCUT2D eigenvalue weighted by molar-refractivity contribution is 6.30. The predicted molar refractivity (Wildman–Crippen MR) is 79.1 cm³/mol. The van der Waals surface area contributed by atoms with Gasteiger partial charge in [0.2, 0.25) is 0 Å². The van der Waals surface area contributed by atoms with Gasteiger partial charge in [-0.05, 0) is 67.1 Å². The van der Waals surface area contributed by atoms with Crippen molar-refractivity contribution in [1.29, 1.82) is 0 Å². The molecular weight excluding hydrogens is 254 g/mol. The molecule has 0 aromatic heterocycles. The van der Waals surface area contributed by atoms with Crippen LogP contribution >= 0.6 is 11.6 Å². The first-order chi connectivity index (χ1) is 9.31. The van der Waals surface area contributed by atoms with Gasteiger partial charge < -0.3 is 5.32 Å². The summed E-state index contributed by atoms with van der Waals surface area (Å²) in [6, 6.07) is 9.02.